The van der Waals surface area contributed by atoms with Crippen LogP contribution in [0.4, 0.5) is 0 Å². The number of nitrogens with zero attached hydrogens (tertiary/aromatic N) is 4. The van der Waals surface area contributed by atoms with Crippen molar-refractivity contribution in [2.24, 2.45) is 7.05 Å². The summed E-state index contributed by atoms with van der Waals surface area (Å²) in [5.74, 6) is 2.00. The van der Waals surface area contributed by atoms with E-state index in [0.29, 0.717) is 22.2 Å². The first-order chi connectivity index (χ1) is 12.6. The van der Waals surface area contributed by atoms with E-state index in [9.17, 15) is 4.79 Å². The molecule has 0 spiro atoms. The molecule has 2 aromatic heterocycles. The molecule has 134 valence electrons. The first-order valence-corrected chi connectivity index (χ1v) is 8.80. The Labute approximate surface area is 155 Å². The van der Waals surface area contributed by atoms with E-state index in [4.69, 9.17) is 9.47 Å². The lowest BCUT2D eigenvalue weighted by Gasteiger charge is -2.09. The normalized spacial score (nSPS) is 10.6. The van der Waals surface area contributed by atoms with E-state index < -0.39 is 0 Å². The Morgan fingerprint density at radius 3 is 2.58 bits per heavy atom. The number of hydrogen-bond acceptors (Lipinski definition) is 7. The Balaban J connectivity index is 1.76. The molecule has 0 saturated heterocycles. The van der Waals surface area contributed by atoms with E-state index >= 15 is 0 Å². The van der Waals surface area contributed by atoms with Crippen molar-refractivity contribution in [1.29, 1.82) is 0 Å². The molecule has 0 saturated carbocycles. The number of carbonyl (C=O) groups excluding carboxylic acids is 1. The molecule has 0 aliphatic rings. The van der Waals surface area contributed by atoms with Crippen LogP contribution < -0.4 is 9.47 Å². The third kappa shape index (κ3) is 3.70. The van der Waals surface area contributed by atoms with Crippen LogP contribution in [-0.2, 0) is 7.05 Å². The molecular weight excluding hydrogens is 352 g/mol. The summed E-state index contributed by atoms with van der Waals surface area (Å²) >= 11 is 1.33. The van der Waals surface area contributed by atoms with Crippen molar-refractivity contribution in [3.05, 3.63) is 48.3 Å². The van der Waals surface area contributed by atoms with Crippen LogP contribution in [-0.4, -0.2) is 45.5 Å². The van der Waals surface area contributed by atoms with Crippen LogP contribution >= 0.6 is 11.8 Å². The number of pyridine rings is 1. The van der Waals surface area contributed by atoms with Gasteiger partial charge in [0.1, 0.15) is 11.5 Å². The predicted octanol–water partition coefficient (Wildman–Crippen LogP) is 2.87. The van der Waals surface area contributed by atoms with Gasteiger partial charge in [-0.05, 0) is 30.3 Å². The fraction of sp³-hybridized carbons (Fsp3) is 0.222. The number of ketones is 1. The van der Waals surface area contributed by atoms with Gasteiger partial charge in [-0.1, -0.05) is 11.8 Å². The standard InChI is InChI=1S/C18H18N4O3S/c1-22-17(12-6-8-19-9-7-12)20-21-18(22)26-11-15(23)14-10-13(24-2)4-5-16(14)25-3/h4-10H,11H2,1-3H3. The number of methoxy groups -OCH3 is 2. The highest BCUT2D eigenvalue weighted by Gasteiger charge is 2.17. The fourth-order valence-electron chi connectivity index (χ4n) is 2.43. The Morgan fingerprint density at radius 1 is 1.12 bits per heavy atom. The van der Waals surface area contributed by atoms with Gasteiger partial charge in [0.15, 0.2) is 16.8 Å². The molecule has 1 aromatic carbocycles. The summed E-state index contributed by atoms with van der Waals surface area (Å²) in [4.78, 5) is 16.6. The van der Waals surface area contributed by atoms with E-state index in [1.54, 1.807) is 37.7 Å². The van der Waals surface area contributed by atoms with Crippen LogP contribution in [0.15, 0.2) is 47.9 Å². The molecule has 2 heterocycles. The molecule has 0 aliphatic heterocycles. The fourth-order valence-corrected chi connectivity index (χ4v) is 3.23. The van der Waals surface area contributed by atoms with Crippen molar-refractivity contribution in [2.45, 2.75) is 5.16 Å². The minimum absolute atomic E-state index is 0.0702. The lowest BCUT2D eigenvalue weighted by molar-refractivity contribution is 0.101. The van der Waals surface area contributed by atoms with E-state index in [1.807, 2.05) is 23.7 Å². The van der Waals surface area contributed by atoms with Crippen LogP contribution in [0.2, 0.25) is 0 Å². The molecule has 0 radical (unpaired) electrons. The topological polar surface area (TPSA) is 79.1 Å². The second kappa shape index (κ2) is 8.01. The summed E-state index contributed by atoms with van der Waals surface area (Å²) < 4.78 is 12.3. The van der Waals surface area contributed by atoms with Crippen LogP contribution in [0.1, 0.15) is 10.4 Å². The quantitative estimate of drug-likeness (QED) is 0.467. The first-order valence-electron chi connectivity index (χ1n) is 7.82. The minimum atomic E-state index is -0.0702. The maximum atomic E-state index is 12.6. The summed E-state index contributed by atoms with van der Waals surface area (Å²) in [7, 11) is 4.97. The SMILES string of the molecule is COc1ccc(OC)c(C(=O)CSc2nnc(-c3ccncc3)n2C)c1. The largest absolute Gasteiger partial charge is 0.497 e. The van der Waals surface area contributed by atoms with Crippen molar-refractivity contribution >= 4 is 17.5 Å². The van der Waals surface area contributed by atoms with Gasteiger partial charge in [0.25, 0.3) is 0 Å². The predicted molar refractivity (Wildman–Crippen MR) is 98.8 cm³/mol. The van der Waals surface area contributed by atoms with Crippen molar-refractivity contribution in [3.8, 4) is 22.9 Å². The zero-order valence-electron chi connectivity index (χ0n) is 14.7. The van der Waals surface area contributed by atoms with Gasteiger partial charge >= 0.3 is 0 Å². The van der Waals surface area contributed by atoms with E-state index in [2.05, 4.69) is 15.2 Å². The number of carbonyl (C=O) groups is 1. The number of Topliss-reactive ketones (excluding diaryl/α,β-unsaturated/α-hetero) is 1. The number of thioether (sulfide) groups is 1. The van der Waals surface area contributed by atoms with Crippen molar-refractivity contribution in [3.63, 3.8) is 0 Å². The number of ether oxygens (including phenoxy) is 2. The molecule has 0 aliphatic carbocycles. The summed E-state index contributed by atoms with van der Waals surface area (Å²) in [6.45, 7) is 0. The van der Waals surface area contributed by atoms with E-state index in [-0.39, 0.29) is 11.5 Å². The van der Waals surface area contributed by atoms with Gasteiger partial charge in [-0.15, -0.1) is 10.2 Å². The van der Waals surface area contributed by atoms with Crippen molar-refractivity contribution < 1.29 is 14.3 Å². The third-order valence-electron chi connectivity index (χ3n) is 3.81. The van der Waals surface area contributed by atoms with Gasteiger partial charge in [-0.2, -0.15) is 0 Å². The maximum Gasteiger partial charge on any atom is 0.191 e. The highest BCUT2D eigenvalue weighted by atomic mass is 32.2. The highest BCUT2D eigenvalue weighted by molar-refractivity contribution is 7.99. The van der Waals surface area contributed by atoms with Crippen LogP contribution in [0.3, 0.4) is 0 Å². The Morgan fingerprint density at radius 2 is 1.88 bits per heavy atom. The molecule has 8 heteroatoms. The van der Waals surface area contributed by atoms with E-state index in [1.165, 1.54) is 18.9 Å². The zero-order chi connectivity index (χ0) is 18.5. The smallest absolute Gasteiger partial charge is 0.191 e. The van der Waals surface area contributed by atoms with E-state index in [0.717, 1.165) is 11.4 Å². The molecule has 0 fully saturated rings. The lowest BCUT2D eigenvalue weighted by atomic mass is 10.1. The molecular formula is C18H18N4O3S. The number of benzene rings is 1. The minimum Gasteiger partial charge on any atom is -0.497 e. The summed E-state index contributed by atoms with van der Waals surface area (Å²) in [5, 5.41) is 9.05. The molecule has 0 bridgehead atoms. The van der Waals surface area contributed by atoms with Crippen LogP contribution in [0.5, 0.6) is 11.5 Å². The highest BCUT2D eigenvalue weighted by Crippen LogP contribution is 2.27. The second-order valence-corrected chi connectivity index (χ2v) is 6.32. The first kappa shape index (κ1) is 17.9. The van der Waals surface area contributed by atoms with Crippen LogP contribution in [0, 0.1) is 0 Å². The van der Waals surface area contributed by atoms with Gasteiger partial charge in [-0.25, -0.2) is 0 Å². The molecule has 3 aromatic rings. The molecule has 7 nitrogen and oxygen atoms in total. The molecule has 0 N–H and O–H groups in total. The molecule has 26 heavy (non-hydrogen) atoms. The van der Waals surface area contributed by atoms with Gasteiger partial charge in [0, 0.05) is 25.0 Å². The lowest BCUT2D eigenvalue weighted by Crippen LogP contribution is -2.06. The monoisotopic (exact) mass is 370 g/mol. The van der Waals surface area contributed by atoms with Gasteiger partial charge in [-0.3, -0.25) is 9.78 Å². The van der Waals surface area contributed by atoms with Gasteiger partial charge in [0.2, 0.25) is 0 Å². The molecule has 0 atom stereocenters. The summed E-state index contributed by atoms with van der Waals surface area (Å²) in [6, 6.07) is 8.89. The van der Waals surface area contributed by atoms with Crippen LogP contribution in [0.25, 0.3) is 11.4 Å². The van der Waals surface area contributed by atoms with Crippen molar-refractivity contribution in [1.82, 2.24) is 19.7 Å². The summed E-state index contributed by atoms with van der Waals surface area (Å²) in [6.07, 6.45) is 3.41. The molecule has 0 unspecified atom stereocenters. The average Bonchev–Trinajstić information content (AvgIpc) is 3.06. The Hall–Kier alpha value is -2.87. The zero-order valence-corrected chi connectivity index (χ0v) is 15.5. The van der Waals surface area contributed by atoms with Crippen molar-refractivity contribution in [2.75, 3.05) is 20.0 Å². The maximum absolute atomic E-state index is 12.6. The molecule has 3 rings (SSSR count). The van der Waals surface area contributed by atoms with Gasteiger partial charge in [0.05, 0.1) is 25.5 Å². The Bertz CT molecular complexity index is 912. The number of rotatable bonds is 7. The Kier molecular flexibility index (Phi) is 5.52. The number of aromatic nitrogens is 4. The third-order valence-corrected chi connectivity index (χ3v) is 4.83. The number of hydrogen-bond donors (Lipinski definition) is 0. The molecule has 0 amide bonds. The summed E-state index contributed by atoms with van der Waals surface area (Å²) in [5.41, 5.74) is 1.40. The van der Waals surface area contributed by atoms with Gasteiger partial charge < -0.3 is 14.0 Å². The average molecular weight is 370 g/mol. The second-order valence-electron chi connectivity index (χ2n) is 5.38.